The fourth-order valence-electron chi connectivity index (χ4n) is 0.923. The van der Waals surface area contributed by atoms with Gasteiger partial charge in [-0.1, -0.05) is 19.9 Å². The Hall–Kier alpha value is -1.32. The molecule has 4 heteroatoms. The molecule has 0 heterocycles. The van der Waals surface area contributed by atoms with Crippen molar-refractivity contribution >= 4 is 11.9 Å². The summed E-state index contributed by atoms with van der Waals surface area (Å²) in [4.78, 5) is 22.3. The molecule has 1 N–H and O–H groups in total. The van der Waals surface area contributed by atoms with Crippen molar-refractivity contribution in [2.75, 3.05) is 7.11 Å². The molecule has 0 aliphatic heterocycles. The van der Waals surface area contributed by atoms with Gasteiger partial charge in [-0.15, -0.1) is 0 Å². The van der Waals surface area contributed by atoms with Crippen LogP contribution in [0.5, 0.6) is 0 Å². The maximum absolute atomic E-state index is 11.3. The van der Waals surface area contributed by atoms with Gasteiger partial charge in [0, 0.05) is 6.42 Å². The third kappa shape index (κ3) is 4.64. The largest absolute Gasteiger partial charge is 0.464 e. The number of rotatable bonds is 4. The molecule has 80 valence electrons. The minimum absolute atomic E-state index is 0.168. The van der Waals surface area contributed by atoms with Crippen molar-refractivity contribution in [1.29, 1.82) is 0 Å². The van der Waals surface area contributed by atoms with E-state index in [1.165, 1.54) is 13.2 Å². The highest BCUT2D eigenvalue weighted by Crippen LogP contribution is 2.00. The van der Waals surface area contributed by atoms with Gasteiger partial charge in [0.2, 0.25) is 5.91 Å². The van der Waals surface area contributed by atoms with Crippen molar-refractivity contribution in [2.45, 2.75) is 27.2 Å². The maximum atomic E-state index is 11.3. The maximum Gasteiger partial charge on any atom is 0.354 e. The van der Waals surface area contributed by atoms with Crippen molar-refractivity contribution in [2.24, 2.45) is 5.92 Å². The van der Waals surface area contributed by atoms with Gasteiger partial charge in [0.25, 0.3) is 0 Å². The third-order valence-corrected chi connectivity index (χ3v) is 1.56. The van der Waals surface area contributed by atoms with Gasteiger partial charge in [0.15, 0.2) is 0 Å². The Labute approximate surface area is 84.3 Å². The van der Waals surface area contributed by atoms with E-state index in [4.69, 9.17) is 0 Å². The molecular formula is C10H17NO3. The molecular weight excluding hydrogens is 182 g/mol. The number of esters is 1. The minimum Gasteiger partial charge on any atom is -0.464 e. The van der Waals surface area contributed by atoms with E-state index in [1.807, 2.05) is 13.8 Å². The summed E-state index contributed by atoms with van der Waals surface area (Å²) in [6.07, 6.45) is 1.92. The predicted molar refractivity (Wildman–Crippen MR) is 53.4 cm³/mol. The van der Waals surface area contributed by atoms with Crippen LogP contribution in [0.3, 0.4) is 0 Å². The van der Waals surface area contributed by atoms with Gasteiger partial charge < -0.3 is 10.1 Å². The SMILES string of the molecule is C/C=C(\NC(=O)CC(C)C)C(=O)OC. The van der Waals surface area contributed by atoms with Crippen LogP contribution < -0.4 is 5.32 Å². The fourth-order valence-corrected chi connectivity index (χ4v) is 0.923. The molecule has 0 saturated heterocycles. The summed E-state index contributed by atoms with van der Waals surface area (Å²) in [6.45, 7) is 5.54. The molecule has 0 radical (unpaired) electrons. The summed E-state index contributed by atoms with van der Waals surface area (Å²) in [5, 5.41) is 2.50. The Kier molecular flexibility index (Phi) is 5.60. The standard InChI is InChI=1S/C10H17NO3/c1-5-8(10(13)14-4)11-9(12)6-7(2)3/h5,7H,6H2,1-4H3,(H,11,12)/b8-5-. The van der Waals surface area contributed by atoms with Crippen LogP contribution in [0.4, 0.5) is 0 Å². The molecule has 0 saturated carbocycles. The van der Waals surface area contributed by atoms with E-state index < -0.39 is 5.97 Å². The van der Waals surface area contributed by atoms with Gasteiger partial charge in [0.05, 0.1) is 7.11 Å². The Bertz CT molecular complexity index is 244. The number of carbonyl (C=O) groups is 2. The van der Waals surface area contributed by atoms with Gasteiger partial charge in [-0.2, -0.15) is 0 Å². The average Bonchev–Trinajstić information content (AvgIpc) is 2.11. The van der Waals surface area contributed by atoms with Crippen LogP contribution in [-0.2, 0) is 14.3 Å². The van der Waals surface area contributed by atoms with E-state index in [1.54, 1.807) is 6.92 Å². The van der Waals surface area contributed by atoms with Crippen LogP contribution in [0.1, 0.15) is 27.2 Å². The summed E-state index contributed by atoms with van der Waals surface area (Å²) in [6, 6.07) is 0. The lowest BCUT2D eigenvalue weighted by Gasteiger charge is -2.08. The molecule has 0 aliphatic carbocycles. The first-order valence-corrected chi connectivity index (χ1v) is 4.55. The molecule has 4 nitrogen and oxygen atoms in total. The highest BCUT2D eigenvalue weighted by molar-refractivity contribution is 5.93. The molecule has 0 rings (SSSR count). The molecule has 0 aromatic carbocycles. The molecule has 0 fully saturated rings. The van der Waals surface area contributed by atoms with Crippen LogP contribution in [0.2, 0.25) is 0 Å². The van der Waals surface area contributed by atoms with E-state index in [9.17, 15) is 9.59 Å². The molecule has 14 heavy (non-hydrogen) atoms. The third-order valence-electron chi connectivity index (χ3n) is 1.56. The van der Waals surface area contributed by atoms with E-state index in [2.05, 4.69) is 10.1 Å². The monoisotopic (exact) mass is 199 g/mol. The molecule has 0 unspecified atom stereocenters. The number of hydrogen-bond donors (Lipinski definition) is 1. The Balaban J connectivity index is 4.21. The first-order valence-electron chi connectivity index (χ1n) is 4.55. The van der Waals surface area contributed by atoms with Crippen LogP contribution in [0, 0.1) is 5.92 Å². The molecule has 0 aliphatic rings. The fraction of sp³-hybridized carbons (Fsp3) is 0.600. The summed E-state index contributed by atoms with van der Waals surface area (Å²) in [7, 11) is 1.28. The zero-order valence-electron chi connectivity index (χ0n) is 9.09. The van der Waals surface area contributed by atoms with Crippen molar-refractivity contribution in [3.05, 3.63) is 11.8 Å². The highest BCUT2D eigenvalue weighted by Gasteiger charge is 2.12. The van der Waals surface area contributed by atoms with Crippen LogP contribution in [0.15, 0.2) is 11.8 Å². The van der Waals surface area contributed by atoms with Gasteiger partial charge >= 0.3 is 5.97 Å². The summed E-state index contributed by atoms with van der Waals surface area (Å²) in [5.74, 6) is -0.422. The van der Waals surface area contributed by atoms with Crippen molar-refractivity contribution in [3.63, 3.8) is 0 Å². The predicted octanol–water partition coefficient (Wildman–Crippen LogP) is 1.23. The molecule has 1 amide bonds. The Morgan fingerprint density at radius 1 is 1.43 bits per heavy atom. The van der Waals surface area contributed by atoms with Crippen molar-refractivity contribution < 1.29 is 14.3 Å². The molecule has 0 bridgehead atoms. The molecule has 0 aromatic heterocycles. The second-order valence-corrected chi connectivity index (χ2v) is 3.34. The van der Waals surface area contributed by atoms with Gasteiger partial charge in [0.1, 0.15) is 5.70 Å². The van der Waals surface area contributed by atoms with E-state index in [0.717, 1.165) is 0 Å². The number of ether oxygens (including phenoxy) is 1. The van der Waals surface area contributed by atoms with E-state index in [0.29, 0.717) is 6.42 Å². The molecule has 0 atom stereocenters. The second-order valence-electron chi connectivity index (χ2n) is 3.34. The van der Waals surface area contributed by atoms with Gasteiger partial charge in [-0.05, 0) is 12.8 Å². The highest BCUT2D eigenvalue weighted by atomic mass is 16.5. The minimum atomic E-state index is -0.524. The number of allylic oxidation sites excluding steroid dienone is 1. The zero-order valence-corrected chi connectivity index (χ0v) is 9.09. The lowest BCUT2D eigenvalue weighted by atomic mass is 10.1. The summed E-state index contributed by atoms with van der Waals surface area (Å²) < 4.78 is 4.49. The number of methoxy groups -OCH3 is 1. The molecule has 0 spiro atoms. The lowest BCUT2D eigenvalue weighted by molar-refractivity contribution is -0.137. The van der Waals surface area contributed by atoms with Crippen LogP contribution in [-0.4, -0.2) is 19.0 Å². The quantitative estimate of drug-likeness (QED) is 0.547. The average molecular weight is 199 g/mol. The normalized spacial score (nSPS) is 11.4. The zero-order chi connectivity index (χ0) is 11.1. The number of amides is 1. The number of hydrogen-bond acceptors (Lipinski definition) is 3. The van der Waals surface area contributed by atoms with Gasteiger partial charge in [-0.3, -0.25) is 4.79 Å². The topological polar surface area (TPSA) is 55.4 Å². The second kappa shape index (κ2) is 6.18. The van der Waals surface area contributed by atoms with Crippen LogP contribution >= 0.6 is 0 Å². The van der Waals surface area contributed by atoms with Crippen LogP contribution in [0.25, 0.3) is 0 Å². The summed E-state index contributed by atoms with van der Waals surface area (Å²) in [5.41, 5.74) is 0.193. The Morgan fingerprint density at radius 2 is 2.00 bits per heavy atom. The van der Waals surface area contributed by atoms with Gasteiger partial charge in [-0.25, -0.2) is 4.79 Å². The Morgan fingerprint density at radius 3 is 2.36 bits per heavy atom. The summed E-state index contributed by atoms with van der Waals surface area (Å²) >= 11 is 0. The smallest absolute Gasteiger partial charge is 0.354 e. The first kappa shape index (κ1) is 12.7. The number of nitrogens with one attached hydrogen (secondary N) is 1. The molecule has 0 aromatic rings. The van der Waals surface area contributed by atoms with Crippen molar-refractivity contribution in [3.8, 4) is 0 Å². The van der Waals surface area contributed by atoms with Crippen molar-refractivity contribution in [1.82, 2.24) is 5.32 Å². The van der Waals surface area contributed by atoms with E-state index in [-0.39, 0.29) is 17.5 Å². The first-order chi connectivity index (χ1) is 6.51. The number of carbonyl (C=O) groups excluding carboxylic acids is 2. The van der Waals surface area contributed by atoms with E-state index >= 15 is 0 Å². The lowest BCUT2D eigenvalue weighted by Crippen LogP contribution is -2.28.